The van der Waals surface area contributed by atoms with Crippen molar-refractivity contribution >= 4 is 11.6 Å². The molecule has 1 unspecified atom stereocenters. The normalized spacial score (nSPS) is 13.2. The molecule has 1 atom stereocenters. The Morgan fingerprint density at radius 2 is 1.71 bits per heavy atom. The average Bonchev–Trinajstić information content (AvgIpc) is 2.19. The number of alkyl halides is 1. The van der Waals surface area contributed by atoms with Gasteiger partial charge in [-0.1, -0.05) is 45.0 Å². The molecule has 0 aliphatic carbocycles. The molecule has 0 nitrogen and oxygen atoms in total. The van der Waals surface area contributed by atoms with E-state index in [2.05, 4.69) is 45.0 Å². The Labute approximate surface area is 92.3 Å². The minimum Gasteiger partial charge on any atom is -0.126 e. The zero-order valence-corrected chi connectivity index (χ0v) is 10.0. The maximum absolute atomic E-state index is 5.97. The Morgan fingerprint density at radius 3 is 2.07 bits per heavy atom. The van der Waals surface area contributed by atoms with Crippen LogP contribution in [-0.2, 0) is 6.42 Å². The Bertz CT molecular complexity index is 261. The molecule has 0 aliphatic rings. The van der Waals surface area contributed by atoms with E-state index in [-0.39, 0.29) is 0 Å². The standard InChI is InChI=1S/C13H19Cl/c1-4-11-5-7-12(8-6-11)13(9-14)10(2)3/h5-8,10,13H,4,9H2,1-3H3. The van der Waals surface area contributed by atoms with Crippen molar-refractivity contribution in [2.75, 3.05) is 5.88 Å². The van der Waals surface area contributed by atoms with Crippen LogP contribution in [0.4, 0.5) is 0 Å². The van der Waals surface area contributed by atoms with E-state index in [9.17, 15) is 0 Å². The highest BCUT2D eigenvalue weighted by Crippen LogP contribution is 2.25. The molecule has 0 fully saturated rings. The third-order valence-corrected chi connectivity index (χ3v) is 3.12. The Kier molecular flexibility index (Phi) is 4.47. The fraction of sp³-hybridized carbons (Fsp3) is 0.538. The summed E-state index contributed by atoms with van der Waals surface area (Å²) in [4.78, 5) is 0. The van der Waals surface area contributed by atoms with Crippen molar-refractivity contribution in [1.29, 1.82) is 0 Å². The molecule has 1 heteroatoms. The third-order valence-electron chi connectivity index (χ3n) is 2.79. The van der Waals surface area contributed by atoms with E-state index in [4.69, 9.17) is 11.6 Å². The first kappa shape index (κ1) is 11.6. The van der Waals surface area contributed by atoms with Gasteiger partial charge >= 0.3 is 0 Å². The topological polar surface area (TPSA) is 0 Å². The predicted molar refractivity (Wildman–Crippen MR) is 64.1 cm³/mol. The zero-order chi connectivity index (χ0) is 10.6. The number of benzene rings is 1. The van der Waals surface area contributed by atoms with E-state index >= 15 is 0 Å². The van der Waals surface area contributed by atoms with Gasteiger partial charge in [-0.3, -0.25) is 0 Å². The molecule has 0 radical (unpaired) electrons. The molecule has 1 rings (SSSR count). The predicted octanol–water partition coefficient (Wildman–Crippen LogP) is 4.23. The third kappa shape index (κ3) is 2.75. The van der Waals surface area contributed by atoms with Gasteiger partial charge in [-0.2, -0.15) is 0 Å². The highest BCUT2D eigenvalue weighted by molar-refractivity contribution is 6.18. The second-order valence-electron chi connectivity index (χ2n) is 4.10. The summed E-state index contributed by atoms with van der Waals surface area (Å²) in [7, 11) is 0. The smallest absolute Gasteiger partial charge is 0.0294 e. The molecule has 1 aromatic carbocycles. The van der Waals surface area contributed by atoms with Gasteiger partial charge in [0.05, 0.1) is 0 Å². The summed E-state index contributed by atoms with van der Waals surface area (Å²) in [5.41, 5.74) is 2.76. The molecular formula is C13H19Cl. The lowest BCUT2D eigenvalue weighted by Crippen LogP contribution is -2.08. The molecule has 1 aromatic rings. The van der Waals surface area contributed by atoms with Gasteiger partial charge in [-0.25, -0.2) is 0 Å². The van der Waals surface area contributed by atoms with E-state index < -0.39 is 0 Å². The summed E-state index contributed by atoms with van der Waals surface area (Å²) >= 11 is 5.97. The van der Waals surface area contributed by atoms with Crippen LogP contribution in [0.3, 0.4) is 0 Å². The molecule has 0 N–H and O–H groups in total. The summed E-state index contributed by atoms with van der Waals surface area (Å²) in [6.07, 6.45) is 1.10. The zero-order valence-electron chi connectivity index (χ0n) is 9.26. The SMILES string of the molecule is CCc1ccc(C(CCl)C(C)C)cc1. The molecule has 0 spiro atoms. The van der Waals surface area contributed by atoms with Crippen LogP contribution in [0.1, 0.15) is 37.8 Å². The van der Waals surface area contributed by atoms with Crippen molar-refractivity contribution in [2.24, 2.45) is 5.92 Å². The van der Waals surface area contributed by atoms with Crippen LogP contribution >= 0.6 is 11.6 Å². The number of halogens is 1. The lowest BCUT2D eigenvalue weighted by atomic mass is 9.89. The van der Waals surface area contributed by atoms with Crippen molar-refractivity contribution in [3.63, 3.8) is 0 Å². The summed E-state index contributed by atoms with van der Waals surface area (Å²) in [5, 5.41) is 0. The quantitative estimate of drug-likeness (QED) is 0.653. The van der Waals surface area contributed by atoms with Gasteiger partial charge in [0.15, 0.2) is 0 Å². The fourth-order valence-corrected chi connectivity index (χ4v) is 2.19. The van der Waals surface area contributed by atoms with Gasteiger partial charge in [0, 0.05) is 5.88 Å². The molecular weight excluding hydrogens is 192 g/mol. The maximum atomic E-state index is 5.97. The van der Waals surface area contributed by atoms with Crippen LogP contribution in [0.5, 0.6) is 0 Å². The van der Waals surface area contributed by atoms with E-state index in [0.29, 0.717) is 17.7 Å². The van der Waals surface area contributed by atoms with Gasteiger partial charge < -0.3 is 0 Å². The molecule has 0 aliphatic heterocycles. The minimum absolute atomic E-state index is 0.488. The van der Waals surface area contributed by atoms with E-state index in [1.54, 1.807) is 0 Å². The largest absolute Gasteiger partial charge is 0.126 e. The van der Waals surface area contributed by atoms with Crippen molar-refractivity contribution in [2.45, 2.75) is 33.1 Å². The molecule has 0 amide bonds. The highest BCUT2D eigenvalue weighted by atomic mass is 35.5. The first-order valence-corrected chi connectivity index (χ1v) is 5.87. The molecule has 0 aromatic heterocycles. The van der Waals surface area contributed by atoms with Crippen LogP contribution in [0.15, 0.2) is 24.3 Å². The number of hydrogen-bond acceptors (Lipinski definition) is 0. The lowest BCUT2D eigenvalue weighted by Gasteiger charge is -2.18. The molecule has 0 bridgehead atoms. The fourth-order valence-electron chi connectivity index (χ4n) is 1.65. The molecule has 0 saturated heterocycles. The molecule has 14 heavy (non-hydrogen) atoms. The summed E-state index contributed by atoms with van der Waals surface area (Å²) < 4.78 is 0. The first-order chi connectivity index (χ1) is 6.69. The summed E-state index contributed by atoms with van der Waals surface area (Å²) in [6, 6.07) is 8.84. The van der Waals surface area contributed by atoms with Crippen LogP contribution in [-0.4, -0.2) is 5.88 Å². The first-order valence-electron chi connectivity index (χ1n) is 5.33. The van der Waals surface area contributed by atoms with Crippen LogP contribution < -0.4 is 0 Å². The van der Waals surface area contributed by atoms with E-state index in [0.717, 1.165) is 6.42 Å². The van der Waals surface area contributed by atoms with Crippen molar-refractivity contribution < 1.29 is 0 Å². The lowest BCUT2D eigenvalue weighted by molar-refractivity contribution is 0.539. The monoisotopic (exact) mass is 210 g/mol. The maximum Gasteiger partial charge on any atom is 0.0294 e. The van der Waals surface area contributed by atoms with Gasteiger partial charge in [0.25, 0.3) is 0 Å². The highest BCUT2D eigenvalue weighted by Gasteiger charge is 2.13. The van der Waals surface area contributed by atoms with Gasteiger partial charge in [-0.15, -0.1) is 11.6 Å². The minimum atomic E-state index is 0.488. The van der Waals surface area contributed by atoms with Crippen molar-refractivity contribution in [3.8, 4) is 0 Å². The second kappa shape index (κ2) is 5.41. The number of aryl methyl sites for hydroxylation is 1. The average molecular weight is 211 g/mol. The molecule has 0 saturated carbocycles. The van der Waals surface area contributed by atoms with Crippen molar-refractivity contribution in [1.82, 2.24) is 0 Å². The van der Waals surface area contributed by atoms with Crippen molar-refractivity contribution in [3.05, 3.63) is 35.4 Å². The Hall–Kier alpha value is -0.490. The van der Waals surface area contributed by atoms with E-state index in [1.807, 2.05) is 0 Å². The summed E-state index contributed by atoms with van der Waals surface area (Å²) in [5.74, 6) is 1.81. The van der Waals surface area contributed by atoms with Crippen LogP contribution in [0, 0.1) is 5.92 Å². The Balaban J connectivity index is 2.84. The number of rotatable bonds is 4. The summed E-state index contributed by atoms with van der Waals surface area (Å²) in [6.45, 7) is 6.62. The second-order valence-corrected chi connectivity index (χ2v) is 4.41. The van der Waals surface area contributed by atoms with E-state index in [1.165, 1.54) is 11.1 Å². The van der Waals surface area contributed by atoms with Crippen LogP contribution in [0.2, 0.25) is 0 Å². The van der Waals surface area contributed by atoms with Gasteiger partial charge in [-0.05, 0) is 29.4 Å². The van der Waals surface area contributed by atoms with Crippen LogP contribution in [0.25, 0.3) is 0 Å². The van der Waals surface area contributed by atoms with Gasteiger partial charge in [0.2, 0.25) is 0 Å². The Morgan fingerprint density at radius 1 is 1.14 bits per heavy atom. The van der Waals surface area contributed by atoms with Gasteiger partial charge in [0.1, 0.15) is 0 Å². The molecule has 78 valence electrons. The number of hydrogen-bond donors (Lipinski definition) is 0. The molecule has 0 heterocycles.